The monoisotopic (exact) mass is 274 g/mol. The SMILES string of the molecule is O=C(O)C1CN(CCN2CCCC2)Cc2ccccc21. The highest BCUT2D eigenvalue weighted by Gasteiger charge is 2.30. The van der Waals surface area contributed by atoms with Crippen LogP contribution in [0.25, 0.3) is 0 Å². The van der Waals surface area contributed by atoms with Crippen molar-refractivity contribution in [2.45, 2.75) is 25.3 Å². The standard InChI is InChI=1S/C16H22N2O2/c19-16(20)15-12-18(10-9-17-7-3-4-8-17)11-13-5-1-2-6-14(13)15/h1-2,5-6,15H,3-4,7-12H2,(H,19,20). The predicted octanol–water partition coefficient (Wildman–Crippen LogP) is 1.77. The number of hydrogen-bond acceptors (Lipinski definition) is 3. The minimum atomic E-state index is -0.705. The second-order valence-corrected chi connectivity index (χ2v) is 5.87. The number of likely N-dealkylation sites (tertiary alicyclic amines) is 1. The molecule has 1 fully saturated rings. The van der Waals surface area contributed by atoms with E-state index in [9.17, 15) is 9.90 Å². The molecule has 2 aliphatic rings. The maximum absolute atomic E-state index is 11.5. The van der Waals surface area contributed by atoms with Crippen molar-refractivity contribution < 1.29 is 9.90 Å². The lowest BCUT2D eigenvalue weighted by Crippen LogP contribution is -2.40. The lowest BCUT2D eigenvalue weighted by Gasteiger charge is -2.33. The Kier molecular flexibility index (Phi) is 4.03. The van der Waals surface area contributed by atoms with Gasteiger partial charge in [0.2, 0.25) is 0 Å². The summed E-state index contributed by atoms with van der Waals surface area (Å²) in [5.74, 6) is -1.08. The zero-order valence-corrected chi connectivity index (χ0v) is 11.8. The molecule has 1 aromatic rings. The molecule has 0 radical (unpaired) electrons. The summed E-state index contributed by atoms with van der Waals surface area (Å²) >= 11 is 0. The number of hydrogen-bond donors (Lipinski definition) is 1. The van der Waals surface area contributed by atoms with Gasteiger partial charge < -0.3 is 10.0 Å². The number of fused-ring (bicyclic) bond motifs is 1. The molecule has 0 aromatic heterocycles. The highest BCUT2D eigenvalue weighted by Crippen LogP contribution is 2.28. The maximum Gasteiger partial charge on any atom is 0.312 e. The molecule has 0 spiro atoms. The van der Waals surface area contributed by atoms with Crippen LogP contribution >= 0.6 is 0 Å². The van der Waals surface area contributed by atoms with E-state index >= 15 is 0 Å². The van der Waals surface area contributed by atoms with E-state index in [1.165, 1.54) is 31.5 Å². The van der Waals surface area contributed by atoms with Gasteiger partial charge in [-0.15, -0.1) is 0 Å². The van der Waals surface area contributed by atoms with Gasteiger partial charge in [-0.05, 0) is 37.1 Å². The number of carboxylic acids is 1. The van der Waals surface area contributed by atoms with E-state index in [1.54, 1.807) is 0 Å². The summed E-state index contributed by atoms with van der Waals surface area (Å²) in [5, 5.41) is 9.45. The molecule has 4 nitrogen and oxygen atoms in total. The number of carbonyl (C=O) groups is 1. The van der Waals surface area contributed by atoms with Crippen molar-refractivity contribution in [1.82, 2.24) is 9.80 Å². The molecule has 1 aromatic carbocycles. The van der Waals surface area contributed by atoms with Crippen molar-refractivity contribution in [2.75, 3.05) is 32.7 Å². The second-order valence-electron chi connectivity index (χ2n) is 5.87. The third-order valence-corrected chi connectivity index (χ3v) is 4.49. The van der Waals surface area contributed by atoms with E-state index in [-0.39, 0.29) is 5.92 Å². The van der Waals surface area contributed by atoms with Crippen LogP contribution in [-0.4, -0.2) is 53.6 Å². The normalized spacial score (nSPS) is 23.7. The summed E-state index contributed by atoms with van der Waals surface area (Å²) in [5.41, 5.74) is 2.17. The molecule has 1 atom stereocenters. The Morgan fingerprint density at radius 3 is 2.60 bits per heavy atom. The molecule has 3 rings (SSSR count). The summed E-state index contributed by atoms with van der Waals surface area (Å²) in [6, 6.07) is 7.97. The molecule has 4 heteroatoms. The van der Waals surface area contributed by atoms with Crippen LogP contribution in [0.15, 0.2) is 24.3 Å². The summed E-state index contributed by atoms with van der Waals surface area (Å²) in [4.78, 5) is 16.3. The van der Waals surface area contributed by atoms with Crippen molar-refractivity contribution >= 4 is 5.97 Å². The number of carboxylic acid groups (broad SMARTS) is 1. The summed E-state index contributed by atoms with van der Waals surface area (Å²) in [6.45, 7) is 5.96. The molecule has 20 heavy (non-hydrogen) atoms. The molecule has 2 aliphatic heterocycles. The fraction of sp³-hybridized carbons (Fsp3) is 0.562. The quantitative estimate of drug-likeness (QED) is 0.908. The molecule has 0 saturated carbocycles. The molecule has 108 valence electrons. The maximum atomic E-state index is 11.5. The van der Waals surface area contributed by atoms with Crippen LogP contribution in [0.2, 0.25) is 0 Å². The van der Waals surface area contributed by atoms with Crippen molar-refractivity contribution in [3.63, 3.8) is 0 Å². The average Bonchev–Trinajstić information content (AvgIpc) is 2.97. The molecule has 0 bridgehead atoms. The van der Waals surface area contributed by atoms with Crippen molar-refractivity contribution in [3.8, 4) is 0 Å². The Hall–Kier alpha value is -1.39. The van der Waals surface area contributed by atoms with E-state index in [0.717, 1.165) is 25.2 Å². The Balaban J connectivity index is 1.67. The highest BCUT2D eigenvalue weighted by molar-refractivity contribution is 5.77. The first-order chi connectivity index (χ1) is 9.74. The smallest absolute Gasteiger partial charge is 0.312 e. The average molecular weight is 274 g/mol. The van der Waals surface area contributed by atoms with Gasteiger partial charge in [0.1, 0.15) is 0 Å². The molecule has 1 N–H and O–H groups in total. The molecule has 1 unspecified atom stereocenters. The Morgan fingerprint density at radius 1 is 1.15 bits per heavy atom. The molecular formula is C16H22N2O2. The van der Waals surface area contributed by atoms with E-state index < -0.39 is 5.97 Å². The minimum Gasteiger partial charge on any atom is -0.481 e. The van der Waals surface area contributed by atoms with Gasteiger partial charge in [0, 0.05) is 26.2 Å². The molecule has 2 heterocycles. The molecular weight excluding hydrogens is 252 g/mol. The van der Waals surface area contributed by atoms with Gasteiger partial charge in [-0.3, -0.25) is 9.69 Å². The first-order valence-electron chi connectivity index (χ1n) is 7.49. The van der Waals surface area contributed by atoms with Gasteiger partial charge in [0.25, 0.3) is 0 Å². The van der Waals surface area contributed by atoms with Gasteiger partial charge in [0.15, 0.2) is 0 Å². The van der Waals surface area contributed by atoms with Crippen LogP contribution in [-0.2, 0) is 11.3 Å². The summed E-state index contributed by atoms with van der Waals surface area (Å²) in [7, 11) is 0. The molecule has 0 amide bonds. The molecule has 0 aliphatic carbocycles. The first kappa shape index (κ1) is 13.6. The number of nitrogens with zero attached hydrogens (tertiary/aromatic N) is 2. The van der Waals surface area contributed by atoms with E-state index in [0.29, 0.717) is 6.54 Å². The van der Waals surface area contributed by atoms with Gasteiger partial charge >= 0.3 is 5.97 Å². The van der Waals surface area contributed by atoms with Crippen LogP contribution in [0.5, 0.6) is 0 Å². The largest absolute Gasteiger partial charge is 0.481 e. The number of aliphatic carboxylic acids is 1. The van der Waals surface area contributed by atoms with Crippen molar-refractivity contribution in [2.24, 2.45) is 0 Å². The lowest BCUT2D eigenvalue weighted by molar-refractivity contribution is -0.139. The van der Waals surface area contributed by atoms with E-state index in [1.807, 2.05) is 18.2 Å². The van der Waals surface area contributed by atoms with Gasteiger partial charge in [-0.1, -0.05) is 24.3 Å². The first-order valence-corrected chi connectivity index (χ1v) is 7.49. The van der Waals surface area contributed by atoms with Gasteiger partial charge in [0.05, 0.1) is 5.92 Å². The summed E-state index contributed by atoms with van der Waals surface area (Å²) < 4.78 is 0. The highest BCUT2D eigenvalue weighted by atomic mass is 16.4. The van der Waals surface area contributed by atoms with Gasteiger partial charge in [-0.2, -0.15) is 0 Å². The van der Waals surface area contributed by atoms with Crippen molar-refractivity contribution in [1.29, 1.82) is 0 Å². The van der Waals surface area contributed by atoms with Crippen molar-refractivity contribution in [3.05, 3.63) is 35.4 Å². The zero-order chi connectivity index (χ0) is 13.9. The summed E-state index contributed by atoms with van der Waals surface area (Å²) in [6.07, 6.45) is 2.61. The Bertz CT molecular complexity index is 483. The van der Waals surface area contributed by atoms with Crippen LogP contribution in [0.4, 0.5) is 0 Å². The third-order valence-electron chi connectivity index (χ3n) is 4.49. The van der Waals surface area contributed by atoms with E-state index in [2.05, 4.69) is 15.9 Å². The number of benzene rings is 1. The predicted molar refractivity (Wildman–Crippen MR) is 77.8 cm³/mol. The van der Waals surface area contributed by atoms with Crippen LogP contribution in [0, 0.1) is 0 Å². The number of rotatable bonds is 4. The van der Waals surface area contributed by atoms with Crippen LogP contribution < -0.4 is 0 Å². The second kappa shape index (κ2) is 5.94. The fourth-order valence-corrected chi connectivity index (χ4v) is 3.35. The topological polar surface area (TPSA) is 43.8 Å². The lowest BCUT2D eigenvalue weighted by atomic mass is 9.90. The van der Waals surface area contributed by atoms with Crippen LogP contribution in [0.1, 0.15) is 29.9 Å². The minimum absolute atomic E-state index is 0.376. The van der Waals surface area contributed by atoms with Gasteiger partial charge in [-0.25, -0.2) is 0 Å². The fourth-order valence-electron chi connectivity index (χ4n) is 3.35. The third kappa shape index (κ3) is 2.86. The Morgan fingerprint density at radius 2 is 1.85 bits per heavy atom. The zero-order valence-electron chi connectivity index (χ0n) is 11.8. The Labute approximate surface area is 120 Å². The van der Waals surface area contributed by atoms with E-state index in [4.69, 9.17) is 0 Å². The molecule has 1 saturated heterocycles. The van der Waals surface area contributed by atoms with Crippen LogP contribution in [0.3, 0.4) is 0 Å².